The molecule has 4 fully saturated rings. The highest BCUT2D eigenvalue weighted by atomic mass is 19.1. The lowest BCUT2D eigenvalue weighted by atomic mass is 9.33. The Balaban J connectivity index is 1.18. The van der Waals surface area contributed by atoms with E-state index in [1.165, 1.54) is 17.7 Å². The highest BCUT2D eigenvalue weighted by molar-refractivity contribution is 6.00. The molecule has 0 radical (unpaired) electrons. The number of ketones is 1. The predicted molar refractivity (Wildman–Crippen MR) is 199 cm³/mol. The minimum Gasteiger partial charge on any atom is -0.481 e. The first kappa shape index (κ1) is 37.9. The third kappa shape index (κ3) is 5.75. The van der Waals surface area contributed by atoms with E-state index in [1.54, 1.807) is 26.0 Å². The van der Waals surface area contributed by atoms with Crippen molar-refractivity contribution in [1.82, 2.24) is 10.2 Å². The van der Waals surface area contributed by atoms with E-state index in [2.05, 4.69) is 58.7 Å². The molecular weight excluding hydrogens is 671 g/mol. The molecule has 0 aliphatic heterocycles. The van der Waals surface area contributed by atoms with Crippen LogP contribution < -0.4 is 0 Å². The van der Waals surface area contributed by atoms with Crippen LogP contribution in [0.5, 0.6) is 0 Å². The number of aromatic nitrogens is 2. The number of benzene rings is 1. The molecule has 9 heteroatoms. The molecule has 0 saturated heterocycles. The van der Waals surface area contributed by atoms with Crippen LogP contribution >= 0.6 is 0 Å². The Morgan fingerprint density at radius 1 is 0.981 bits per heavy atom. The molecule has 0 bridgehead atoms. The first-order valence-electron chi connectivity index (χ1n) is 20.0. The number of Topliss-reactive ketones (excluding diaryl/α,β-unsaturated/α-hetero) is 1. The molecule has 2 aromatic rings. The Bertz CT molecular complexity index is 1860. The second-order valence-corrected chi connectivity index (χ2v) is 19.9. The minimum atomic E-state index is -1.17. The fourth-order valence-corrected chi connectivity index (χ4v) is 13.1. The second-order valence-electron chi connectivity index (χ2n) is 19.9. The number of carboxylic acid groups (broad SMARTS) is 1. The van der Waals surface area contributed by atoms with Crippen molar-refractivity contribution in [3.8, 4) is 11.5 Å². The molecule has 1 aromatic heterocycles. The van der Waals surface area contributed by atoms with Crippen LogP contribution in [0.25, 0.3) is 11.5 Å². The van der Waals surface area contributed by atoms with Crippen molar-refractivity contribution in [2.24, 2.45) is 56.2 Å². The number of rotatable bonds is 8. The number of halogens is 1. The smallest absolute Gasteiger partial charge is 0.309 e. The van der Waals surface area contributed by atoms with Gasteiger partial charge in [0.15, 0.2) is 5.78 Å². The van der Waals surface area contributed by atoms with Gasteiger partial charge in [0.25, 0.3) is 0 Å². The van der Waals surface area contributed by atoms with E-state index in [4.69, 9.17) is 9.15 Å². The van der Waals surface area contributed by atoms with Gasteiger partial charge in [0.1, 0.15) is 11.9 Å². The molecular formula is C44H59FN2O6. The summed E-state index contributed by atoms with van der Waals surface area (Å²) in [5, 5.41) is 18.4. The van der Waals surface area contributed by atoms with Crippen LogP contribution in [0.1, 0.15) is 132 Å². The SMILES string of the molecule is CC(C)C1=C2[C@H]3CC[C@@H]4[C@@]5(C)CC[C@H](OC(=O)CC(C)(C)C(=O)O)C(C)(C)[C@@H]5CC[C@@]4(C)[C@]3(C)CC[C@@]2(Cc2nnc(-c3cccc(F)c3)o2)CC1=O. The Morgan fingerprint density at radius 3 is 2.40 bits per heavy atom. The molecule has 1 heterocycles. The number of ether oxygens (including phenoxy) is 1. The summed E-state index contributed by atoms with van der Waals surface area (Å²) in [6.45, 7) is 19.6. The number of esters is 1. The van der Waals surface area contributed by atoms with Crippen LogP contribution in [-0.2, 0) is 25.5 Å². The highest BCUT2D eigenvalue weighted by Gasteiger charge is 2.70. The van der Waals surface area contributed by atoms with E-state index in [0.717, 1.165) is 56.9 Å². The fourth-order valence-electron chi connectivity index (χ4n) is 13.1. The van der Waals surface area contributed by atoms with Crippen LogP contribution in [0.4, 0.5) is 4.39 Å². The van der Waals surface area contributed by atoms with Crippen LogP contribution in [0.2, 0.25) is 0 Å². The van der Waals surface area contributed by atoms with Gasteiger partial charge in [-0.3, -0.25) is 14.4 Å². The third-order valence-corrected chi connectivity index (χ3v) is 16.0. The summed E-state index contributed by atoms with van der Waals surface area (Å²) in [6, 6.07) is 6.20. The van der Waals surface area contributed by atoms with Crippen molar-refractivity contribution >= 4 is 17.7 Å². The number of carboxylic acids is 1. The van der Waals surface area contributed by atoms with E-state index in [1.807, 2.05) is 0 Å². The number of fused-ring (bicyclic) bond motifs is 7. The number of nitrogens with zero attached hydrogens (tertiary/aromatic N) is 2. The monoisotopic (exact) mass is 730 g/mol. The maximum atomic E-state index is 14.1. The number of hydrogen-bond donors (Lipinski definition) is 1. The standard InChI is InChI=1S/C44H59FN2O6/c1-25(2)35-29(48)22-44(23-33-46-47-37(53-33)26-11-10-12-27(45)21-26)20-19-42(8)28(36(35)44)13-14-31-41(7)17-16-32(52-34(49)24-39(3,4)38(50)51)40(5,6)30(41)15-18-43(31,42)9/h10-12,21,25,28,30-32H,13-20,22-24H2,1-9H3,(H,50,51)/t28-,30+,31-,32+,41+,42-,43-,44+/m1/s1. The van der Waals surface area contributed by atoms with Crippen molar-refractivity contribution in [3.05, 3.63) is 47.1 Å². The van der Waals surface area contributed by atoms with Crippen molar-refractivity contribution in [3.63, 3.8) is 0 Å². The zero-order valence-electron chi connectivity index (χ0n) is 33.2. The van der Waals surface area contributed by atoms with E-state index in [0.29, 0.717) is 42.0 Å². The first-order chi connectivity index (χ1) is 24.7. The van der Waals surface area contributed by atoms with Crippen molar-refractivity contribution < 1.29 is 33.0 Å². The molecule has 8 nitrogen and oxygen atoms in total. The predicted octanol–water partition coefficient (Wildman–Crippen LogP) is 9.81. The molecule has 0 spiro atoms. The lowest BCUT2D eigenvalue weighted by Crippen LogP contribution is -2.65. The zero-order valence-corrected chi connectivity index (χ0v) is 33.2. The van der Waals surface area contributed by atoms with Gasteiger partial charge in [0.05, 0.1) is 11.8 Å². The van der Waals surface area contributed by atoms with E-state index < -0.39 is 17.4 Å². The Hall–Kier alpha value is -3.36. The number of hydrogen-bond acceptors (Lipinski definition) is 7. The maximum Gasteiger partial charge on any atom is 0.309 e. The topological polar surface area (TPSA) is 120 Å². The van der Waals surface area contributed by atoms with E-state index >= 15 is 0 Å². The number of allylic oxidation sites excluding steroid dienone is 2. The average molecular weight is 731 g/mol. The van der Waals surface area contributed by atoms with Crippen LogP contribution in [0, 0.1) is 62.0 Å². The quantitative estimate of drug-likeness (QED) is 0.267. The second kappa shape index (κ2) is 12.6. The van der Waals surface area contributed by atoms with Gasteiger partial charge in [-0.1, -0.05) is 60.1 Å². The van der Waals surface area contributed by atoms with Gasteiger partial charge in [-0.05, 0) is 129 Å². The normalized spacial score (nSPS) is 36.4. The van der Waals surface area contributed by atoms with Crippen LogP contribution in [-0.4, -0.2) is 39.1 Å². The summed E-state index contributed by atoms with van der Waals surface area (Å²) in [4.78, 5) is 38.9. The first-order valence-corrected chi connectivity index (χ1v) is 20.0. The molecule has 0 amide bonds. The van der Waals surface area contributed by atoms with E-state index in [9.17, 15) is 23.9 Å². The van der Waals surface area contributed by atoms with Crippen LogP contribution in [0.3, 0.4) is 0 Å². The molecule has 1 aromatic carbocycles. The summed E-state index contributed by atoms with van der Waals surface area (Å²) < 4.78 is 26.4. The molecule has 288 valence electrons. The highest BCUT2D eigenvalue weighted by Crippen LogP contribution is 2.77. The molecule has 5 aliphatic carbocycles. The lowest BCUT2D eigenvalue weighted by Gasteiger charge is -2.72. The molecule has 0 unspecified atom stereocenters. The average Bonchev–Trinajstić information content (AvgIpc) is 3.64. The summed E-state index contributed by atoms with van der Waals surface area (Å²) in [5.74, 6) is 0.506. The Kier molecular flexibility index (Phi) is 9.01. The largest absolute Gasteiger partial charge is 0.481 e. The van der Waals surface area contributed by atoms with Crippen molar-refractivity contribution in [2.75, 3.05) is 0 Å². The maximum absolute atomic E-state index is 14.1. The van der Waals surface area contributed by atoms with Gasteiger partial charge < -0.3 is 14.3 Å². The summed E-state index contributed by atoms with van der Waals surface area (Å²) in [6.07, 6.45) is 8.45. The Labute approximate surface area is 314 Å². The Morgan fingerprint density at radius 2 is 1.72 bits per heavy atom. The van der Waals surface area contributed by atoms with Gasteiger partial charge in [-0.15, -0.1) is 10.2 Å². The molecule has 4 saturated carbocycles. The van der Waals surface area contributed by atoms with Gasteiger partial charge >= 0.3 is 11.9 Å². The molecule has 1 N–H and O–H groups in total. The summed E-state index contributed by atoms with van der Waals surface area (Å²) >= 11 is 0. The zero-order chi connectivity index (χ0) is 38.5. The van der Waals surface area contributed by atoms with E-state index in [-0.39, 0.29) is 63.0 Å². The van der Waals surface area contributed by atoms with Gasteiger partial charge in [-0.25, -0.2) is 4.39 Å². The number of aliphatic carboxylic acids is 1. The van der Waals surface area contributed by atoms with Gasteiger partial charge in [-0.2, -0.15) is 0 Å². The fraction of sp³-hybridized carbons (Fsp3) is 0.705. The third-order valence-electron chi connectivity index (χ3n) is 16.0. The number of carbonyl (C=O) groups excluding carboxylic acids is 2. The van der Waals surface area contributed by atoms with Gasteiger partial charge in [0.2, 0.25) is 11.8 Å². The molecule has 53 heavy (non-hydrogen) atoms. The summed E-state index contributed by atoms with van der Waals surface area (Å²) in [7, 11) is 0. The van der Waals surface area contributed by atoms with Crippen LogP contribution in [0.15, 0.2) is 39.8 Å². The van der Waals surface area contributed by atoms with Crippen molar-refractivity contribution in [2.45, 2.75) is 139 Å². The minimum absolute atomic E-state index is 0.00900. The number of carbonyl (C=O) groups is 3. The molecule has 5 aliphatic rings. The van der Waals surface area contributed by atoms with Gasteiger partial charge in [0, 0.05) is 29.2 Å². The lowest BCUT2D eigenvalue weighted by molar-refractivity contribution is -0.233. The van der Waals surface area contributed by atoms with Crippen molar-refractivity contribution in [1.29, 1.82) is 0 Å². The molecule has 8 atom stereocenters. The summed E-state index contributed by atoms with van der Waals surface area (Å²) in [5.41, 5.74) is 1.22. The molecule has 7 rings (SSSR count).